The largest absolute Gasteiger partial charge is 0.358 e. The van der Waals surface area contributed by atoms with Gasteiger partial charge in [-0.1, -0.05) is 18.2 Å². The third-order valence-electron chi connectivity index (χ3n) is 3.52. The number of hydrogen-bond donors (Lipinski definition) is 2. The number of nitrogens with one attached hydrogen (secondary N) is 1. The monoisotopic (exact) mass is 247 g/mol. The maximum absolute atomic E-state index is 12.1. The van der Waals surface area contributed by atoms with Crippen molar-refractivity contribution in [1.29, 1.82) is 0 Å². The lowest BCUT2D eigenvalue weighted by molar-refractivity contribution is -0.122. The lowest BCUT2D eigenvalue weighted by atomic mass is 10.1. The molecule has 1 aliphatic heterocycles. The zero-order chi connectivity index (χ0) is 13.1. The van der Waals surface area contributed by atoms with Crippen LogP contribution in [0.2, 0.25) is 0 Å². The summed E-state index contributed by atoms with van der Waals surface area (Å²) in [5.41, 5.74) is 8.07. The molecule has 1 amide bonds. The highest BCUT2D eigenvalue weighted by molar-refractivity contribution is 5.86. The fourth-order valence-electron chi connectivity index (χ4n) is 2.45. The molecule has 0 spiro atoms. The van der Waals surface area contributed by atoms with E-state index in [0.29, 0.717) is 6.54 Å². The normalized spacial score (nSPS) is 24.6. The molecule has 1 saturated heterocycles. The van der Waals surface area contributed by atoms with Gasteiger partial charge in [-0.25, -0.2) is 0 Å². The van der Waals surface area contributed by atoms with Crippen LogP contribution in [0.15, 0.2) is 24.3 Å². The number of anilines is 1. The Hall–Kier alpha value is -1.55. The smallest absolute Gasteiger partial charge is 0.244 e. The Balaban J connectivity index is 2.34. The number of carbonyl (C=O) groups is 1. The first-order valence-corrected chi connectivity index (χ1v) is 6.46. The fourth-order valence-corrected chi connectivity index (χ4v) is 2.45. The number of nitrogens with two attached hydrogens (primary N) is 1. The van der Waals surface area contributed by atoms with Gasteiger partial charge in [0, 0.05) is 24.8 Å². The molecule has 18 heavy (non-hydrogen) atoms. The highest BCUT2D eigenvalue weighted by Crippen LogP contribution is 2.23. The SMILES string of the molecule is Cc1ccccc1N1CCC(C)NC(=O)C1CN. The maximum Gasteiger partial charge on any atom is 0.244 e. The van der Waals surface area contributed by atoms with Crippen molar-refractivity contribution in [3.8, 4) is 0 Å². The van der Waals surface area contributed by atoms with Gasteiger partial charge in [-0.05, 0) is 31.9 Å². The molecule has 2 unspecified atom stereocenters. The van der Waals surface area contributed by atoms with Gasteiger partial charge in [-0.3, -0.25) is 4.79 Å². The summed E-state index contributed by atoms with van der Waals surface area (Å²) >= 11 is 0. The molecule has 3 N–H and O–H groups in total. The minimum Gasteiger partial charge on any atom is -0.358 e. The summed E-state index contributed by atoms with van der Waals surface area (Å²) in [5.74, 6) is 0.0331. The number of para-hydroxylation sites is 1. The van der Waals surface area contributed by atoms with Gasteiger partial charge in [0.15, 0.2) is 0 Å². The van der Waals surface area contributed by atoms with Crippen LogP contribution >= 0.6 is 0 Å². The van der Waals surface area contributed by atoms with Crippen LogP contribution in [0, 0.1) is 6.92 Å². The van der Waals surface area contributed by atoms with Crippen LogP contribution in [-0.2, 0) is 4.79 Å². The quantitative estimate of drug-likeness (QED) is 0.821. The number of rotatable bonds is 2. The molecule has 2 atom stereocenters. The van der Waals surface area contributed by atoms with Crippen molar-refractivity contribution in [2.24, 2.45) is 5.73 Å². The molecule has 0 radical (unpaired) electrons. The Morgan fingerprint density at radius 1 is 1.44 bits per heavy atom. The maximum atomic E-state index is 12.1. The number of hydrogen-bond acceptors (Lipinski definition) is 3. The van der Waals surface area contributed by atoms with Gasteiger partial charge in [-0.2, -0.15) is 0 Å². The molecule has 98 valence electrons. The average molecular weight is 247 g/mol. The van der Waals surface area contributed by atoms with Crippen LogP contribution in [-0.4, -0.2) is 31.1 Å². The second-order valence-electron chi connectivity index (χ2n) is 4.93. The summed E-state index contributed by atoms with van der Waals surface area (Å²) in [7, 11) is 0. The zero-order valence-electron chi connectivity index (χ0n) is 11.0. The third kappa shape index (κ3) is 2.48. The van der Waals surface area contributed by atoms with E-state index in [1.807, 2.05) is 19.1 Å². The molecule has 2 rings (SSSR count). The molecule has 1 aliphatic rings. The van der Waals surface area contributed by atoms with Gasteiger partial charge in [-0.15, -0.1) is 0 Å². The molecule has 1 heterocycles. The van der Waals surface area contributed by atoms with E-state index >= 15 is 0 Å². The molecular formula is C14H21N3O. The topological polar surface area (TPSA) is 58.4 Å². The highest BCUT2D eigenvalue weighted by Gasteiger charge is 2.29. The molecule has 1 aromatic carbocycles. The lowest BCUT2D eigenvalue weighted by Gasteiger charge is -2.30. The number of benzene rings is 1. The number of nitrogens with zero attached hydrogens (tertiary/aromatic N) is 1. The molecule has 0 saturated carbocycles. The average Bonchev–Trinajstić information content (AvgIpc) is 2.48. The molecule has 0 bridgehead atoms. The van der Waals surface area contributed by atoms with Crippen molar-refractivity contribution in [3.05, 3.63) is 29.8 Å². The van der Waals surface area contributed by atoms with Crippen LogP contribution in [0.1, 0.15) is 18.9 Å². The molecule has 4 heteroatoms. The van der Waals surface area contributed by atoms with Crippen LogP contribution in [0.5, 0.6) is 0 Å². The van der Waals surface area contributed by atoms with Crippen LogP contribution in [0.3, 0.4) is 0 Å². The third-order valence-corrected chi connectivity index (χ3v) is 3.52. The Morgan fingerprint density at radius 3 is 2.83 bits per heavy atom. The Bertz CT molecular complexity index is 433. The molecule has 0 aliphatic carbocycles. The van der Waals surface area contributed by atoms with Gasteiger partial charge < -0.3 is 16.0 Å². The van der Waals surface area contributed by atoms with E-state index in [4.69, 9.17) is 5.73 Å². The van der Waals surface area contributed by atoms with Crippen molar-refractivity contribution in [3.63, 3.8) is 0 Å². The van der Waals surface area contributed by atoms with Crippen LogP contribution < -0.4 is 16.0 Å². The van der Waals surface area contributed by atoms with E-state index in [2.05, 4.69) is 29.3 Å². The summed E-state index contributed by atoms with van der Waals surface area (Å²) in [6.45, 7) is 5.29. The van der Waals surface area contributed by atoms with Crippen molar-refractivity contribution in [2.75, 3.05) is 18.0 Å². The standard InChI is InChI=1S/C14H21N3O/c1-10-5-3-4-6-12(10)17-8-7-11(2)16-14(18)13(17)9-15/h3-6,11,13H,7-9,15H2,1-2H3,(H,16,18). The minimum atomic E-state index is -0.268. The first-order chi connectivity index (χ1) is 8.63. The van der Waals surface area contributed by atoms with Gasteiger partial charge in [0.2, 0.25) is 5.91 Å². The van der Waals surface area contributed by atoms with Crippen molar-refractivity contribution < 1.29 is 4.79 Å². The van der Waals surface area contributed by atoms with Crippen molar-refractivity contribution in [2.45, 2.75) is 32.4 Å². The summed E-state index contributed by atoms with van der Waals surface area (Å²) < 4.78 is 0. The summed E-state index contributed by atoms with van der Waals surface area (Å²) in [4.78, 5) is 14.3. The van der Waals surface area contributed by atoms with Crippen LogP contribution in [0.4, 0.5) is 5.69 Å². The molecular weight excluding hydrogens is 226 g/mol. The highest BCUT2D eigenvalue weighted by atomic mass is 16.2. The molecule has 1 fully saturated rings. The lowest BCUT2D eigenvalue weighted by Crippen LogP contribution is -2.49. The van der Waals surface area contributed by atoms with Crippen molar-refractivity contribution >= 4 is 11.6 Å². The summed E-state index contributed by atoms with van der Waals surface area (Å²) in [5, 5.41) is 3.00. The fraction of sp³-hybridized carbons (Fsp3) is 0.500. The van der Waals surface area contributed by atoms with E-state index in [1.165, 1.54) is 5.56 Å². The second-order valence-corrected chi connectivity index (χ2v) is 4.93. The molecule has 0 aromatic heterocycles. The van der Waals surface area contributed by atoms with Gasteiger partial charge in [0.05, 0.1) is 0 Å². The summed E-state index contributed by atoms with van der Waals surface area (Å²) in [6, 6.07) is 8.08. The Kier molecular flexibility index (Phi) is 3.87. The van der Waals surface area contributed by atoms with E-state index < -0.39 is 0 Å². The Morgan fingerprint density at radius 2 is 2.17 bits per heavy atom. The van der Waals surface area contributed by atoms with Gasteiger partial charge in [0.25, 0.3) is 0 Å². The number of carbonyl (C=O) groups excluding carboxylic acids is 1. The number of aryl methyl sites for hydroxylation is 1. The predicted molar refractivity (Wildman–Crippen MR) is 73.6 cm³/mol. The first-order valence-electron chi connectivity index (χ1n) is 6.46. The van der Waals surface area contributed by atoms with E-state index in [1.54, 1.807) is 0 Å². The summed E-state index contributed by atoms with van der Waals surface area (Å²) in [6.07, 6.45) is 0.941. The zero-order valence-corrected chi connectivity index (χ0v) is 11.0. The second kappa shape index (κ2) is 5.40. The van der Waals surface area contributed by atoms with Crippen LogP contribution in [0.25, 0.3) is 0 Å². The first kappa shape index (κ1) is 12.9. The predicted octanol–water partition coefficient (Wildman–Crippen LogP) is 1.04. The minimum absolute atomic E-state index is 0.0331. The van der Waals surface area contributed by atoms with E-state index in [9.17, 15) is 4.79 Å². The van der Waals surface area contributed by atoms with E-state index in [0.717, 1.165) is 18.7 Å². The van der Waals surface area contributed by atoms with E-state index in [-0.39, 0.29) is 18.0 Å². The molecule has 1 aromatic rings. The van der Waals surface area contributed by atoms with Gasteiger partial charge >= 0.3 is 0 Å². The number of amides is 1. The molecule has 4 nitrogen and oxygen atoms in total. The van der Waals surface area contributed by atoms with Crippen molar-refractivity contribution in [1.82, 2.24) is 5.32 Å². The Labute approximate surface area is 108 Å². The van der Waals surface area contributed by atoms with Gasteiger partial charge in [0.1, 0.15) is 6.04 Å².